The third-order valence-corrected chi connectivity index (χ3v) is 12.3. The van der Waals surface area contributed by atoms with Crippen molar-refractivity contribution in [3.05, 3.63) is 0 Å². The predicted octanol–water partition coefficient (Wildman–Crippen LogP) is 13.5. The fourth-order valence-electron chi connectivity index (χ4n) is 7.76. The lowest BCUT2D eigenvalue weighted by atomic mass is 10.0. The van der Waals surface area contributed by atoms with E-state index in [0.29, 0.717) is 44.8 Å². The predicted molar refractivity (Wildman–Crippen MR) is 231 cm³/mol. The highest BCUT2D eigenvalue weighted by Crippen LogP contribution is 2.23. The average molecular weight is 781 g/mol. The van der Waals surface area contributed by atoms with Gasteiger partial charge in [-0.1, -0.05) is 142 Å². The molecule has 1 rings (SSSR count). The highest BCUT2D eigenvalue weighted by Gasteiger charge is 2.23. The van der Waals surface area contributed by atoms with Crippen LogP contribution in [-0.4, -0.2) is 77.7 Å². The summed E-state index contributed by atoms with van der Waals surface area (Å²) in [5.41, 5.74) is 0. The Morgan fingerprint density at radius 3 is 1.33 bits per heavy atom. The quantitative estimate of drug-likeness (QED) is 0.0459. The summed E-state index contributed by atoms with van der Waals surface area (Å²) in [6, 6.07) is 0.556. The molecule has 0 aliphatic carbocycles. The van der Waals surface area contributed by atoms with Gasteiger partial charge in [0.25, 0.3) is 5.24 Å². The summed E-state index contributed by atoms with van der Waals surface area (Å²) in [6.07, 6.45) is 33.4. The lowest BCUT2D eigenvalue weighted by Gasteiger charge is -2.24. The highest BCUT2D eigenvalue weighted by atomic mass is 32.2. The molecule has 1 aliphatic rings. The maximum atomic E-state index is 13.5. The van der Waals surface area contributed by atoms with Crippen molar-refractivity contribution >= 4 is 28.9 Å². The van der Waals surface area contributed by atoms with Crippen LogP contribution >= 0.6 is 11.8 Å². The van der Waals surface area contributed by atoms with Gasteiger partial charge >= 0.3 is 11.9 Å². The summed E-state index contributed by atoms with van der Waals surface area (Å²) in [5, 5.41) is 0.0615. The lowest BCUT2D eigenvalue weighted by Crippen LogP contribution is -2.32. The summed E-state index contributed by atoms with van der Waals surface area (Å²) in [4.78, 5) is 44.0. The second-order valence-electron chi connectivity index (χ2n) is 16.4. The van der Waals surface area contributed by atoms with Crippen molar-refractivity contribution in [3.8, 4) is 0 Å². The van der Waals surface area contributed by atoms with Gasteiger partial charge in [-0.15, -0.1) is 0 Å². The Morgan fingerprint density at radius 2 is 0.981 bits per heavy atom. The van der Waals surface area contributed by atoms with Crippen molar-refractivity contribution in [2.45, 2.75) is 245 Å². The van der Waals surface area contributed by atoms with Gasteiger partial charge in [0.2, 0.25) is 0 Å². The topological polar surface area (TPSA) is 76.1 Å². The standard InChI is InChI=1S/C46H88N2O5S/c1-6-10-14-18-22-30-42(31-23-19-15-11-7-2)52-44(49)34-27-38-48(46(51)54-40-36-41-29-26-37-47(41)5)39-28-35-45(50)53-43(32-24-20-16-12-8-3)33-25-21-17-13-9-4/h41-43H,6-40H2,1-5H3. The number of unbranched alkanes of at least 4 members (excludes halogenated alkanes) is 16. The summed E-state index contributed by atoms with van der Waals surface area (Å²) in [7, 11) is 2.18. The number of esters is 2. The van der Waals surface area contributed by atoms with Gasteiger partial charge in [-0.25, -0.2) is 0 Å². The number of hydrogen-bond donors (Lipinski definition) is 0. The number of rotatable bonds is 37. The van der Waals surface area contributed by atoms with Crippen molar-refractivity contribution in [1.82, 2.24) is 9.80 Å². The smallest absolute Gasteiger partial charge is 0.306 e. The number of hydrogen-bond acceptors (Lipinski definition) is 7. The van der Waals surface area contributed by atoms with Crippen LogP contribution in [-0.2, 0) is 19.1 Å². The van der Waals surface area contributed by atoms with Crippen molar-refractivity contribution in [1.29, 1.82) is 0 Å². The zero-order valence-corrected chi connectivity index (χ0v) is 37.1. The monoisotopic (exact) mass is 781 g/mol. The van der Waals surface area contributed by atoms with E-state index in [-0.39, 0.29) is 29.4 Å². The van der Waals surface area contributed by atoms with E-state index in [9.17, 15) is 14.4 Å². The molecular weight excluding hydrogens is 693 g/mol. The van der Waals surface area contributed by atoms with Crippen LogP contribution in [0.5, 0.6) is 0 Å². The van der Waals surface area contributed by atoms with Gasteiger partial charge in [0.15, 0.2) is 0 Å². The summed E-state index contributed by atoms with van der Waals surface area (Å²) in [6.45, 7) is 11.1. The van der Waals surface area contributed by atoms with E-state index in [1.807, 2.05) is 4.90 Å². The molecule has 0 bridgehead atoms. The summed E-state index contributed by atoms with van der Waals surface area (Å²) < 4.78 is 12.1. The molecule has 1 heterocycles. The highest BCUT2D eigenvalue weighted by molar-refractivity contribution is 8.13. The number of likely N-dealkylation sites (tertiary alicyclic amines) is 1. The first-order chi connectivity index (χ1) is 26.3. The third-order valence-electron chi connectivity index (χ3n) is 11.3. The molecule has 1 atom stereocenters. The Balaban J connectivity index is 2.70. The van der Waals surface area contributed by atoms with E-state index < -0.39 is 0 Å². The maximum absolute atomic E-state index is 13.5. The number of carbonyl (C=O) groups is 3. The number of carbonyl (C=O) groups excluding carboxylic acids is 3. The zero-order valence-electron chi connectivity index (χ0n) is 36.3. The van der Waals surface area contributed by atoms with Crippen molar-refractivity contribution < 1.29 is 23.9 Å². The van der Waals surface area contributed by atoms with Crippen molar-refractivity contribution in [3.63, 3.8) is 0 Å². The molecule has 1 saturated heterocycles. The first-order valence-electron chi connectivity index (χ1n) is 23.3. The van der Waals surface area contributed by atoms with Crippen LogP contribution in [0.4, 0.5) is 4.79 Å². The van der Waals surface area contributed by atoms with Gasteiger partial charge in [0.1, 0.15) is 12.2 Å². The normalized spacial score (nSPS) is 14.7. The molecule has 0 aromatic rings. The van der Waals surface area contributed by atoms with Gasteiger partial charge < -0.3 is 19.3 Å². The third kappa shape index (κ3) is 28.2. The molecular formula is C46H88N2O5S. The van der Waals surface area contributed by atoms with Crippen LogP contribution in [0, 0.1) is 0 Å². The van der Waals surface area contributed by atoms with Crippen LogP contribution < -0.4 is 0 Å². The zero-order chi connectivity index (χ0) is 39.5. The van der Waals surface area contributed by atoms with Gasteiger partial charge in [-0.3, -0.25) is 14.4 Å². The number of nitrogens with zero attached hydrogens (tertiary/aromatic N) is 2. The van der Waals surface area contributed by atoms with E-state index >= 15 is 0 Å². The number of thioether (sulfide) groups is 1. The Hall–Kier alpha value is -1.28. The minimum atomic E-state index is -0.134. The first kappa shape index (κ1) is 50.7. The average Bonchev–Trinajstić information content (AvgIpc) is 3.57. The summed E-state index contributed by atoms with van der Waals surface area (Å²) in [5.74, 6) is 0.529. The second kappa shape index (κ2) is 36.1. The molecule has 0 spiro atoms. The molecule has 1 amide bonds. The Labute approximate surface area is 339 Å². The fraction of sp³-hybridized carbons (Fsp3) is 0.935. The van der Waals surface area contributed by atoms with Crippen LogP contribution in [0.3, 0.4) is 0 Å². The molecule has 8 heteroatoms. The molecule has 1 aliphatic heterocycles. The van der Waals surface area contributed by atoms with Gasteiger partial charge in [0.05, 0.1) is 0 Å². The minimum Gasteiger partial charge on any atom is -0.462 e. The van der Waals surface area contributed by atoms with Crippen molar-refractivity contribution in [2.24, 2.45) is 0 Å². The van der Waals surface area contributed by atoms with Crippen molar-refractivity contribution in [2.75, 3.05) is 32.4 Å². The fourth-order valence-corrected chi connectivity index (χ4v) is 8.69. The molecule has 0 aromatic heterocycles. The second-order valence-corrected chi connectivity index (χ2v) is 17.5. The number of amides is 1. The first-order valence-corrected chi connectivity index (χ1v) is 24.3. The van der Waals surface area contributed by atoms with E-state index in [4.69, 9.17) is 9.47 Å². The van der Waals surface area contributed by atoms with Gasteiger partial charge in [-0.2, -0.15) is 0 Å². The van der Waals surface area contributed by atoms with Gasteiger partial charge in [-0.05, 0) is 97.1 Å². The molecule has 0 radical (unpaired) electrons. The Bertz CT molecular complexity index is 824. The maximum Gasteiger partial charge on any atom is 0.306 e. The molecule has 54 heavy (non-hydrogen) atoms. The van der Waals surface area contributed by atoms with Crippen LogP contribution in [0.2, 0.25) is 0 Å². The largest absolute Gasteiger partial charge is 0.462 e. The Kier molecular flexibility index (Phi) is 33.9. The number of ether oxygens (including phenoxy) is 2. The SMILES string of the molecule is CCCCCCCC(CCCCCCC)OC(=O)CCCN(CCCC(=O)OC(CCCCCCC)CCCCCCC)C(=O)SCCC1CCCN1C. The summed E-state index contributed by atoms with van der Waals surface area (Å²) >= 11 is 1.40. The van der Waals surface area contributed by atoms with Crippen LogP contribution in [0.15, 0.2) is 0 Å². The lowest BCUT2D eigenvalue weighted by molar-refractivity contribution is -0.150. The van der Waals surface area contributed by atoms with Crippen LogP contribution in [0.25, 0.3) is 0 Å². The molecule has 7 nitrogen and oxygen atoms in total. The van der Waals surface area contributed by atoms with Gasteiger partial charge in [0, 0.05) is 37.7 Å². The minimum absolute atomic E-state index is 0.00489. The van der Waals surface area contributed by atoms with E-state index in [1.54, 1.807) is 0 Å². The van der Waals surface area contributed by atoms with E-state index in [1.165, 1.54) is 127 Å². The molecule has 318 valence electrons. The van der Waals surface area contributed by atoms with Crippen LogP contribution in [0.1, 0.15) is 227 Å². The van der Waals surface area contributed by atoms with E-state index in [2.05, 4.69) is 39.6 Å². The molecule has 0 saturated carbocycles. The molecule has 0 N–H and O–H groups in total. The molecule has 1 fully saturated rings. The molecule has 1 unspecified atom stereocenters. The van der Waals surface area contributed by atoms with E-state index in [0.717, 1.165) is 70.1 Å². The molecule has 0 aromatic carbocycles. The Morgan fingerprint density at radius 1 is 0.593 bits per heavy atom.